The number of hydrogen-bond acceptors (Lipinski definition) is 11. The summed E-state index contributed by atoms with van der Waals surface area (Å²) in [6.45, 7) is -0.597. The molecule has 0 aliphatic carbocycles. The Hall–Kier alpha value is -4.72. The molecule has 0 spiro atoms. The van der Waals surface area contributed by atoms with Gasteiger partial charge in [-0.3, -0.25) is 33.6 Å². The van der Waals surface area contributed by atoms with Crippen LogP contribution in [0, 0.1) is 0 Å². The standard InChI is InChI=1S/C28H41N9O10S/c29-16(13-48)26(44)36-7-1-3-19(36)24(42)32-12-22(39)35-18(9-15-10-30-14-33-15)27(45)37-8-2-4-20(37)25(43)31-11-21(38)34-17(28(46)47)5-6-23(40)41/h10,14,16-20,48H,1-9,11-13,29H2,(H,30,33)(H,31,43)(H,32,42)(H,34,38)(H,35,39)(H,40,41)(H,46,47)/t16-,17-,18-,19-,20-/m0/s1. The van der Waals surface area contributed by atoms with Gasteiger partial charge in [0.05, 0.1) is 25.5 Å². The molecule has 0 unspecified atom stereocenters. The summed E-state index contributed by atoms with van der Waals surface area (Å²) in [4.78, 5) is 109. The van der Waals surface area contributed by atoms with Gasteiger partial charge in [0, 0.05) is 43.6 Å². The van der Waals surface area contributed by atoms with E-state index in [2.05, 4.69) is 43.9 Å². The summed E-state index contributed by atoms with van der Waals surface area (Å²) >= 11 is 4.04. The lowest BCUT2D eigenvalue weighted by molar-refractivity contribution is -0.143. The highest BCUT2D eigenvalue weighted by atomic mass is 32.1. The Labute approximate surface area is 280 Å². The lowest BCUT2D eigenvalue weighted by Crippen LogP contribution is -2.56. The number of likely N-dealkylation sites (tertiary alicyclic amines) is 2. The Morgan fingerprint density at radius 2 is 1.44 bits per heavy atom. The van der Waals surface area contributed by atoms with E-state index in [1.165, 1.54) is 22.3 Å². The Morgan fingerprint density at radius 1 is 0.896 bits per heavy atom. The number of thiol groups is 1. The van der Waals surface area contributed by atoms with Crippen LogP contribution in [0.3, 0.4) is 0 Å². The van der Waals surface area contributed by atoms with Crippen LogP contribution in [-0.2, 0) is 44.8 Å². The molecule has 19 nitrogen and oxygen atoms in total. The zero-order valence-electron chi connectivity index (χ0n) is 26.1. The summed E-state index contributed by atoms with van der Waals surface area (Å²) in [6, 6.07) is -5.31. The minimum atomic E-state index is -1.47. The number of amides is 6. The fourth-order valence-electron chi connectivity index (χ4n) is 5.50. The summed E-state index contributed by atoms with van der Waals surface area (Å²) in [5, 5.41) is 27.7. The first-order chi connectivity index (χ1) is 22.8. The highest BCUT2D eigenvalue weighted by Crippen LogP contribution is 2.20. The number of aromatic amines is 1. The van der Waals surface area contributed by atoms with Crippen LogP contribution in [0.5, 0.6) is 0 Å². The van der Waals surface area contributed by atoms with Gasteiger partial charge in [-0.05, 0) is 32.1 Å². The molecule has 48 heavy (non-hydrogen) atoms. The van der Waals surface area contributed by atoms with E-state index in [1.807, 2.05) is 0 Å². The van der Waals surface area contributed by atoms with E-state index in [-0.39, 0.29) is 31.6 Å². The molecule has 1 aromatic heterocycles. The molecular weight excluding hydrogens is 654 g/mol. The minimum Gasteiger partial charge on any atom is -0.481 e. The normalized spacial score (nSPS) is 19.1. The van der Waals surface area contributed by atoms with Gasteiger partial charge in [-0.15, -0.1) is 0 Å². The molecule has 3 rings (SSSR count). The number of nitrogens with one attached hydrogen (secondary N) is 5. The van der Waals surface area contributed by atoms with E-state index in [4.69, 9.17) is 10.8 Å². The molecule has 0 saturated carbocycles. The second-order valence-electron chi connectivity index (χ2n) is 11.4. The number of nitrogens with two attached hydrogens (primary N) is 1. The number of aromatic nitrogens is 2. The van der Waals surface area contributed by atoms with Gasteiger partial charge in [0.1, 0.15) is 24.2 Å². The van der Waals surface area contributed by atoms with Gasteiger partial charge in [-0.25, -0.2) is 9.78 Å². The van der Waals surface area contributed by atoms with Gasteiger partial charge < -0.3 is 52.0 Å². The number of imidazole rings is 1. The van der Waals surface area contributed by atoms with E-state index in [0.717, 1.165) is 0 Å². The first-order valence-electron chi connectivity index (χ1n) is 15.4. The van der Waals surface area contributed by atoms with Crippen molar-refractivity contribution in [2.75, 3.05) is 31.9 Å². The van der Waals surface area contributed by atoms with Gasteiger partial charge in [0.15, 0.2) is 0 Å². The number of carbonyl (C=O) groups excluding carboxylic acids is 6. The molecule has 0 radical (unpaired) electrons. The Morgan fingerprint density at radius 3 is 1.92 bits per heavy atom. The summed E-state index contributed by atoms with van der Waals surface area (Å²) in [7, 11) is 0. The average molecular weight is 696 g/mol. The lowest BCUT2D eigenvalue weighted by atomic mass is 10.1. The number of H-pyrrole nitrogens is 1. The van der Waals surface area contributed by atoms with E-state index >= 15 is 0 Å². The van der Waals surface area contributed by atoms with Crippen LogP contribution in [-0.4, -0.2) is 140 Å². The van der Waals surface area contributed by atoms with E-state index in [1.54, 1.807) is 0 Å². The number of carboxylic acids is 2. The van der Waals surface area contributed by atoms with Gasteiger partial charge in [0.2, 0.25) is 35.4 Å². The molecule has 2 aliphatic heterocycles. The maximum Gasteiger partial charge on any atom is 0.326 e. The van der Waals surface area contributed by atoms with Crippen molar-refractivity contribution in [3.05, 3.63) is 18.2 Å². The lowest BCUT2D eigenvalue weighted by Gasteiger charge is -2.29. The monoisotopic (exact) mass is 695 g/mol. The molecule has 2 saturated heterocycles. The zero-order valence-corrected chi connectivity index (χ0v) is 26.9. The predicted molar refractivity (Wildman–Crippen MR) is 168 cm³/mol. The van der Waals surface area contributed by atoms with Crippen LogP contribution in [0.15, 0.2) is 12.5 Å². The molecule has 5 atom stereocenters. The number of aliphatic carboxylic acids is 2. The summed E-state index contributed by atoms with van der Waals surface area (Å²) in [5.74, 6) is -6.36. The molecule has 264 valence electrons. The van der Waals surface area contributed by atoms with Crippen molar-refractivity contribution in [3.8, 4) is 0 Å². The number of rotatable bonds is 17. The van der Waals surface area contributed by atoms with Crippen molar-refractivity contribution < 1.29 is 48.6 Å². The fourth-order valence-corrected chi connectivity index (χ4v) is 5.66. The predicted octanol–water partition coefficient (Wildman–Crippen LogP) is -3.66. The molecule has 9 N–H and O–H groups in total. The molecule has 2 fully saturated rings. The van der Waals surface area contributed by atoms with E-state index < -0.39 is 97.1 Å². The van der Waals surface area contributed by atoms with Crippen molar-refractivity contribution in [2.45, 2.75) is 75.2 Å². The second kappa shape index (κ2) is 18.0. The molecule has 0 bridgehead atoms. The second-order valence-corrected chi connectivity index (χ2v) is 11.8. The third kappa shape index (κ3) is 10.7. The van der Waals surface area contributed by atoms with Crippen molar-refractivity contribution >= 4 is 60.0 Å². The molecule has 1 aromatic rings. The zero-order chi connectivity index (χ0) is 35.4. The highest BCUT2D eigenvalue weighted by Gasteiger charge is 2.39. The molecule has 0 aromatic carbocycles. The number of carbonyl (C=O) groups is 8. The SMILES string of the molecule is N[C@@H](CS)C(=O)N1CCC[C@H]1C(=O)NCC(=O)N[C@@H](Cc1cnc[nH]1)C(=O)N1CCC[C@H]1C(=O)NCC(=O)N[C@@H](CCC(=O)O)C(=O)O. The molecule has 2 aliphatic rings. The van der Waals surface area contributed by atoms with E-state index in [0.29, 0.717) is 31.5 Å². The molecular formula is C28H41N9O10S. The highest BCUT2D eigenvalue weighted by molar-refractivity contribution is 7.80. The van der Waals surface area contributed by atoms with E-state index in [9.17, 15) is 43.5 Å². The Bertz CT molecular complexity index is 1360. The quantitative estimate of drug-likeness (QED) is 0.0713. The molecule has 3 heterocycles. The number of carboxylic acid groups (broad SMARTS) is 2. The number of hydrogen-bond donors (Lipinski definition) is 9. The first-order valence-corrected chi connectivity index (χ1v) is 16.0. The van der Waals surface area contributed by atoms with Crippen molar-refractivity contribution in [1.82, 2.24) is 41.0 Å². The summed E-state index contributed by atoms with van der Waals surface area (Å²) in [6.07, 6.45) is 3.66. The summed E-state index contributed by atoms with van der Waals surface area (Å²) < 4.78 is 0. The Balaban J connectivity index is 1.60. The van der Waals surface area contributed by atoms with Gasteiger partial charge >= 0.3 is 11.9 Å². The molecule has 20 heteroatoms. The average Bonchev–Trinajstić information content (AvgIpc) is 3.85. The smallest absolute Gasteiger partial charge is 0.326 e. The van der Waals surface area contributed by atoms with Gasteiger partial charge in [-0.2, -0.15) is 12.6 Å². The van der Waals surface area contributed by atoms with Crippen molar-refractivity contribution in [2.24, 2.45) is 5.73 Å². The van der Waals surface area contributed by atoms with Crippen LogP contribution in [0.4, 0.5) is 0 Å². The van der Waals surface area contributed by atoms with Crippen LogP contribution < -0.4 is 27.0 Å². The molecule has 6 amide bonds. The minimum absolute atomic E-state index is 0.0226. The van der Waals surface area contributed by atoms with Crippen LogP contribution >= 0.6 is 12.6 Å². The third-order valence-corrected chi connectivity index (χ3v) is 8.32. The maximum atomic E-state index is 13.7. The van der Waals surface area contributed by atoms with Gasteiger partial charge in [0.25, 0.3) is 0 Å². The van der Waals surface area contributed by atoms with Crippen LogP contribution in [0.25, 0.3) is 0 Å². The van der Waals surface area contributed by atoms with Crippen LogP contribution in [0.1, 0.15) is 44.2 Å². The fraction of sp³-hybridized carbons (Fsp3) is 0.607. The maximum absolute atomic E-state index is 13.7. The Kier molecular flexibility index (Phi) is 14.1. The topological polar surface area (TPSA) is 286 Å². The third-order valence-electron chi connectivity index (χ3n) is 7.93. The van der Waals surface area contributed by atoms with Crippen molar-refractivity contribution in [3.63, 3.8) is 0 Å². The van der Waals surface area contributed by atoms with Gasteiger partial charge in [-0.1, -0.05) is 0 Å². The summed E-state index contributed by atoms with van der Waals surface area (Å²) in [5.41, 5.74) is 6.30. The largest absolute Gasteiger partial charge is 0.481 e. The van der Waals surface area contributed by atoms with Crippen LogP contribution in [0.2, 0.25) is 0 Å². The van der Waals surface area contributed by atoms with Crippen molar-refractivity contribution in [1.29, 1.82) is 0 Å². The number of nitrogens with zero attached hydrogens (tertiary/aromatic N) is 3. The first kappa shape index (κ1) is 37.7.